The first-order valence-electron chi connectivity index (χ1n) is 8.12. The van der Waals surface area contributed by atoms with Crippen molar-refractivity contribution in [2.45, 2.75) is 13.0 Å². The fourth-order valence-corrected chi connectivity index (χ4v) is 2.93. The van der Waals surface area contributed by atoms with Crippen molar-refractivity contribution in [3.8, 4) is 0 Å². The fraction of sp³-hybridized carbons (Fsp3) is 0.278. The third-order valence-electron chi connectivity index (χ3n) is 3.90. The number of nitrogens with zero attached hydrogens (tertiary/aromatic N) is 5. The Bertz CT molecular complexity index is 873. The Morgan fingerprint density at radius 1 is 1.24 bits per heavy atom. The van der Waals surface area contributed by atoms with Crippen LogP contribution in [-0.4, -0.2) is 46.1 Å². The summed E-state index contributed by atoms with van der Waals surface area (Å²) in [6, 6.07) is 13.7. The summed E-state index contributed by atoms with van der Waals surface area (Å²) < 4.78 is 2.00. The van der Waals surface area contributed by atoms with Gasteiger partial charge in [-0.05, 0) is 29.8 Å². The Balaban J connectivity index is 1.57. The van der Waals surface area contributed by atoms with Gasteiger partial charge in [0.1, 0.15) is 5.82 Å². The van der Waals surface area contributed by atoms with Gasteiger partial charge in [-0.25, -0.2) is 0 Å². The SMILES string of the molecule is CN=C(NCCc1nnc2ccccn12)N(C)Cc1cccc(Cl)c1. The molecule has 0 aliphatic rings. The van der Waals surface area contributed by atoms with E-state index >= 15 is 0 Å². The summed E-state index contributed by atoms with van der Waals surface area (Å²) in [7, 11) is 3.78. The molecular weight excluding hydrogens is 336 g/mol. The average Bonchev–Trinajstić information content (AvgIpc) is 3.02. The van der Waals surface area contributed by atoms with E-state index in [2.05, 4.69) is 31.5 Å². The fourth-order valence-electron chi connectivity index (χ4n) is 2.72. The third kappa shape index (κ3) is 4.28. The molecular formula is C18H21ClN6. The zero-order chi connectivity index (χ0) is 17.6. The van der Waals surface area contributed by atoms with Gasteiger partial charge in [0.25, 0.3) is 0 Å². The second-order valence-electron chi connectivity index (χ2n) is 5.76. The van der Waals surface area contributed by atoms with Crippen LogP contribution in [0.5, 0.6) is 0 Å². The largest absolute Gasteiger partial charge is 0.356 e. The molecule has 6 nitrogen and oxygen atoms in total. The van der Waals surface area contributed by atoms with Crippen molar-refractivity contribution < 1.29 is 0 Å². The lowest BCUT2D eigenvalue weighted by Crippen LogP contribution is -2.39. The summed E-state index contributed by atoms with van der Waals surface area (Å²) in [5.74, 6) is 1.75. The van der Waals surface area contributed by atoms with Gasteiger partial charge >= 0.3 is 0 Å². The lowest BCUT2D eigenvalue weighted by atomic mass is 10.2. The molecule has 3 aromatic rings. The van der Waals surface area contributed by atoms with Gasteiger partial charge in [0, 0.05) is 44.8 Å². The van der Waals surface area contributed by atoms with Gasteiger partial charge in [0.2, 0.25) is 0 Å². The van der Waals surface area contributed by atoms with Gasteiger partial charge in [0.05, 0.1) is 0 Å². The van der Waals surface area contributed by atoms with Crippen LogP contribution in [-0.2, 0) is 13.0 Å². The van der Waals surface area contributed by atoms with Crippen LogP contribution in [0, 0.1) is 0 Å². The predicted molar refractivity (Wildman–Crippen MR) is 101 cm³/mol. The van der Waals surface area contributed by atoms with Gasteiger partial charge in [-0.3, -0.25) is 9.39 Å². The van der Waals surface area contributed by atoms with Crippen LogP contribution in [0.4, 0.5) is 0 Å². The topological polar surface area (TPSA) is 57.8 Å². The Morgan fingerprint density at radius 2 is 2.12 bits per heavy atom. The summed E-state index contributed by atoms with van der Waals surface area (Å²) in [4.78, 5) is 6.41. The van der Waals surface area contributed by atoms with Crippen molar-refractivity contribution >= 4 is 23.2 Å². The Labute approximate surface area is 152 Å². The number of rotatable bonds is 5. The molecule has 0 unspecified atom stereocenters. The number of hydrogen-bond acceptors (Lipinski definition) is 3. The number of hydrogen-bond donors (Lipinski definition) is 1. The second kappa shape index (κ2) is 7.98. The molecule has 0 fully saturated rings. The maximum absolute atomic E-state index is 6.05. The van der Waals surface area contributed by atoms with Crippen molar-refractivity contribution in [1.82, 2.24) is 24.8 Å². The van der Waals surface area contributed by atoms with Crippen LogP contribution in [0.2, 0.25) is 5.02 Å². The average molecular weight is 357 g/mol. The zero-order valence-corrected chi connectivity index (χ0v) is 15.1. The van der Waals surface area contributed by atoms with E-state index < -0.39 is 0 Å². The van der Waals surface area contributed by atoms with E-state index in [9.17, 15) is 0 Å². The van der Waals surface area contributed by atoms with E-state index in [1.54, 1.807) is 7.05 Å². The molecule has 0 aliphatic carbocycles. The van der Waals surface area contributed by atoms with Gasteiger partial charge in [0.15, 0.2) is 11.6 Å². The first-order chi connectivity index (χ1) is 12.2. The molecule has 2 aromatic heterocycles. The van der Waals surface area contributed by atoms with Crippen molar-refractivity contribution in [2.24, 2.45) is 4.99 Å². The predicted octanol–water partition coefficient (Wildman–Crippen LogP) is 2.63. The van der Waals surface area contributed by atoms with E-state index in [0.29, 0.717) is 0 Å². The van der Waals surface area contributed by atoms with E-state index in [4.69, 9.17) is 11.6 Å². The van der Waals surface area contributed by atoms with E-state index in [1.807, 2.05) is 54.0 Å². The molecule has 25 heavy (non-hydrogen) atoms. The smallest absolute Gasteiger partial charge is 0.193 e. The molecule has 0 saturated heterocycles. The molecule has 2 heterocycles. The molecule has 1 N–H and O–H groups in total. The van der Waals surface area contributed by atoms with Crippen LogP contribution >= 0.6 is 11.6 Å². The minimum atomic E-state index is 0.724. The molecule has 130 valence electrons. The molecule has 1 aromatic carbocycles. The zero-order valence-electron chi connectivity index (χ0n) is 14.4. The lowest BCUT2D eigenvalue weighted by molar-refractivity contribution is 0.477. The molecule has 0 radical (unpaired) electrons. The summed E-state index contributed by atoms with van der Waals surface area (Å²) in [5, 5.41) is 12.5. The highest BCUT2D eigenvalue weighted by atomic mass is 35.5. The number of fused-ring (bicyclic) bond motifs is 1. The van der Waals surface area contributed by atoms with Gasteiger partial charge in [-0.15, -0.1) is 10.2 Å². The van der Waals surface area contributed by atoms with Crippen molar-refractivity contribution in [3.63, 3.8) is 0 Å². The number of halogens is 1. The van der Waals surface area contributed by atoms with Crippen LogP contribution in [0.25, 0.3) is 5.65 Å². The Hall–Kier alpha value is -2.60. The van der Waals surface area contributed by atoms with Crippen molar-refractivity contribution in [1.29, 1.82) is 0 Å². The van der Waals surface area contributed by atoms with Gasteiger partial charge < -0.3 is 10.2 Å². The van der Waals surface area contributed by atoms with Gasteiger partial charge in [-0.1, -0.05) is 29.8 Å². The highest BCUT2D eigenvalue weighted by Crippen LogP contribution is 2.12. The molecule has 0 bridgehead atoms. The minimum Gasteiger partial charge on any atom is -0.356 e. The van der Waals surface area contributed by atoms with Crippen molar-refractivity contribution in [3.05, 3.63) is 65.1 Å². The number of aliphatic imine (C=N–C) groups is 1. The van der Waals surface area contributed by atoms with Crippen molar-refractivity contribution in [2.75, 3.05) is 20.6 Å². The Kier molecular flexibility index (Phi) is 5.50. The number of pyridine rings is 1. The monoisotopic (exact) mass is 356 g/mol. The first kappa shape index (κ1) is 17.2. The highest BCUT2D eigenvalue weighted by Gasteiger charge is 2.08. The highest BCUT2D eigenvalue weighted by molar-refractivity contribution is 6.30. The molecule has 0 atom stereocenters. The summed E-state index contributed by atoms with van der Waals surface area (Å²) in [6.07, 6.45) is 2.74. The maximum atomic E-state index is 6.05. The van der Waals surface area contributed by atoms with Crippen LogP contribution in [0.1, 0.15) is 11.4 Å². The molecule has 0 spiro atoms. The maximum Gasteiger partial charge on any atom is 0.193 e. The van der Waals surface area contributed by atoms with E-state index in [-0.39, 0.29) is 0 Å². The quantitative estimate of drug-likeness (QED) is 0.564. The van der Waals surface area contributed by atoms with Crippen LogP contribution < -0.4 is 5.32 Å². The normalized spacial score (nSPS) is 11.7. The van der Waals surface area contributed by atoms with Crippen LogP contribution in [0.15, 0.2) is 53.7 Å². The van der Waals surface area contributed by atoms with Gasteiger partial charge in [-0.2, -0.15) is 0 Å². The van der Waals surface area contributed by atoms with E-state index in [1.165, 1.54) is 0 Å². The number of benzene rings is 1. The number of nitrogens with one attached hydrogen (secondary N) is 1. The molecule has 3 rings (SSSR count). The lowest BCUT2D eigenvalue weighted by Gasteiger charge is -2.22. The first-order valence-corrected chi connectivity index (χ1v) is 8.50. The number of guanidine groups is 1. The summed E-state index contributed by atoms with van der Waals surface area (Å²) in [6.45, 7) is 1.45. The Morgan fingerprint density at radius 3 is 2.92 bits per heavy atom. The molecule has 0 amide bonds. The second-order valence-corrected chi connectivity index (χ2v) is 6.19. The molecule has 0 saturated carbocycles. The summed E-state index contributed by atoms with van der Waals surface area (Å²) in [5.41, 5.74) is 2.00. The molecule has 0 aliphatic heterocycles. The molecule has 7 heteroatoms. The standard InChI is InChI=1S/C18H21ClN6/c1-20-18(24(2)13-14-6-5-7-15(19)12-14)21-10-9-17-23-22-16-8-3-4-11-25(16)17/h3-8,11-12H,9-10,13H2,1-2H3,(H,20,21). The summed E-state index contributed by atoms with van der Waals surface area (Å²) >= 11 is 6.05. The number of aromatic nitrogens is 3. The minimum absolute atomic E-state index is 0.724. The van der Waals surface area contributed by atoms with Crippen LogP contribution in [0.3, 0.4) is 0 Å². The third-order valence-corrected chi connectivity index (χ3v) is 4.13. The van der Waals surface area contributed by atoms with E-state index in [0.717, 1.165) is 47.5 Å².